The highest BCUT2D eigenvalue weighted by molar-refractivity contribution is 9.10. The van der Waals surface area contributed by atoms with Crippen LogP contribution in [0.1, 0.15) is 11.1 Å². The van der Waals surface area contributed by atoms with Crippen molar-refractivity contribution in [3.63, 3.8) is 0 Å². The van der Waals surface area contributed by atoms with E-state index in [1.807, 2.05) is 19.1 Å². The Morgan fingerprint density at radius 1 is 0.892 bits per heavy atom. The van der Waals surface area contributed by atoms with Crippen LogP contribution >= 0.6 is 15.9 Å². The molecule has 0 saturated heterocycles. The lowest BCUT2D eigenvalue weighted by Gasteiger charge is -2.12. The molecule has 0 saturated carbocycles. The van der Waals surface area contributed by atoms with E-state index in [0.29, 0.717) is 34.2 Å². The molecule has 0 spiro atoms. The number of halogens is 1. The van der Waals surface area contributed by atoms with Crippen molar-refractivity contribution in [3.05, 3.63) is 76.3 Å². The maximum Gasteiger partial charge on any atom is 0.329 e. The Morgan fingerprint density at radius 3 is 2.32 bits per heavy atom. The maximum absolute atomic E-state index is 12.3. The number of methoxy groups -OCH3 is 2. The average molecular weight is 569 g/mol. The Bertz CT molecular complexity index is 1310. The van der Waals surface area contributed by atoms with Crippen LogP contribution < -0.4 is 30.3 Å². The second kappa shape index (κ2) is 13.1. The summed E-state index contributed by atoms with van der Waals surface area (Å²) < 4.78 is 16.9. The fourth-order valence-electron chi connectivity index (χ4n) is 3.06. The molecule has 3 N–H and O–H groups in total. The molecular formula is C26H25BrN4O6. The summed E-state index contributed by atoms with van der Waals surface area (Å²) in [6, 6.07) is 16.9. The number of benzene rings is 3. The molecule has 0 aliphatic carbocycles. The second-order valence-electron chi connectivity index (χ2n) is 7.59. The molecule has 11 heteroatoms. The van der Waals surface area contributed by atoms with Gasteiger partial charge >= 0.3 is 11.8 Å². The molecule has 0 aromatic heterocycles. The third kappa shape index (κ3) is 8.07. The first-order chi connectivity index (χ1) is 17.8. The molecule has 3 rings (SSSR count). The van der Waals surface area contributed by atoms with Crippen molar-refractivity contribution in [1.29, 1.82) is 0 Å². The molecule has 0 bridgehead atoms. The summed E-state index contributed by atoms with van der Waals surface area (Å²) in [6.45, 7) is 1.67. The van der Waals surface area contributed by atoms with Gasteiger partial charge in [-0.05, 0) is 78.7 Å². The number of carbonyl (C=O) groups excluding carboxylic acids is 3. The molecule has 192 valence electrons. The van der Waals surface area contributed by atoms with Crippen molar-refractivity contribution in [2.45, 2.75) is 6.92 Å². The van der Waals surface area contributed by atoms with Crippen molar-refractivity contribution >= 4 is 51.2 Å². The zero-order valence-corrected chi connectivity index (χ0v) is 21.9. The van der Waals surface area contributed by atoms with E-state index < -0.39 is 11.8 Å². The van der Waals surface area contributed by atoms with Crippen molar-refractivity contribution in [1.82, 2.24) is 5.43 Å². The highest BCUT2D eigenvalue weighted by atomic mass is 79.9. The van der Waals surface area contributed by atoms with Crippen LogP contribution in [0, 0.1) is 6.92 Å². The number of aryl methyl sites for hydroxylation is 1. The van der Waals surface area contributed by atoms with E-state index in [1.54, 1.807) is 48.5 Å². The summed E-state index contributed by atoms with van der Waals surface area (Å²) in [5.74, 6) is -0.802. The maximum atomic E-state index is 12.3. The van der Waals surface area contributed by atoms with E-state index in [2.05, 4.69) is 37.1 Å². The largest absolute Gasteiger partial charge is 0.497 e. The topological polar surface area (TPSA) is 127 Å². The van der Waals surface area contributed by atoms with Crippen LogP contribution in [0.2, 0.25) is 0 Å². The first-order valence-corrected chi connectivity index (χ1v) is 11.7. The van der Waals surface area contributed by atoms with E-state index >= 15 is 0 Å². The normalized spacial score (nSPS) is 10.5. The van der Waals surface area contributed by atoms with Gasteiger partial charge in [0.15, 0.2) is 18.1 Å². The molecule has 3 amide bonds. The Kier molecular flexibility index (Phi) is 9.61. The van der Waals surface area contributed by atoms with Crippen LogP contribution in [0.5, 0.6) is 17.2 Å². The zero-order chi connectivity index (χ0) is 26.8. The molecule has 0 atom stereocenters. The standard InChI is InChI=1S/C26H25BrN4O6/c1-16-12-18(27)5-10-21(16)30-24(32)15-37-22-11-4-17(13-23(22)36-3)14-28-31-26(34)25(33)29-19-6-8-20(35-2)9-7-19/h4-14H,15H2,1-3H3,(H,29,33)(H,30,32)(H,31,34)/b28-14-. The van der Waals surface area contributed by atoms with Gasteiger partial charge in [-0.3, -0.25) is 14.4 Å². The van der Waals surface area contributed by atoms with Gasteiger partial charge in [0, 0.05) is 15.8 Å². The molecule has 0 heterocycles. The zero-order valence-electron chi connectivity index (χ0n) is 20.3. The van der Waals surface area contributed by atoms with Crippen molar-refractivity contribution < 1.29 is 28.6 Å². The lowest BCUT2D eigenvalue weighted by Crippen LogP contribution is -2.32. The number of hydrazone groups is 1. The third-order valence-electron chi connectivity index (χ3n) is 4.94. The van der Waals surface area contributed by atoms with Crippen LogP contribution in [0.25, 0.3) is 0 Å². The summed E-state index contributed by atoms with van der Waals surface area (Å²) in [5, 5.41) is 9.06. The minimum Gasteiger partial charge on any atom is -0.497 e. The van der Waals surface area contributed by atoms with Gasteiger partial charge in [-0.1, -0.05) is 15.9 Å². The fraction of sp³-hybridized carbons (Fsp3) is 0.154. The molecule has 10 nitrogen and oxygen atoms in total. The molecular weight excluding hydrogens is 544 g/mol. The first kappa shape index (κ1) is 27.2. The monoisotopic (exact) mass is 568 g/mol. The number of nitrogens with one attached hydrogen (secondary N) is 3. The molecule has 0 radical (unpaired) electrons. The van der Waals surface area contributed by atoms with Gasteiger partial charge in [-0.25, -0.2) is 5.43 Å². The number of anilines is 2. The van der Waals surface area contributed by atoms with Gasteiger partial charge in [0.2, 0.25) is 0 Å². The minimum absolute atomic E-state index is 0.224. The van der Waals surface area contributed by atoms with Crippen LogP contribution in [0.15, 0.2) is 70.2 Å². The molecule has 0 fully saturated rings. The van der Waals surface area contributed by atoms with Crippen LogP contribution in [0.4, 0.5) is 11.4 Å². The summed E-state index contributed by atoms with van der Waals surface area (Å²) in [7, 11) is 2.99. The first-order valence-electron chi connectivity index (χ1n) is 10.9. The molecule has 0 unspecified atom stereocenters. The fourth-order valence-corrected chi connectivity index (χ4v) is 3.53. The summed E-state index contributed by atoms with van der Waals surface area (Å²) >= 11 is 3.39. The summed E-state index contributed by atoms with van der Waals surface area (Å²) in [6.07, 6.45) is 1.34. The molecule has 3 aromatic rings. The smallest absolute Gasteiger partial charge is 0.329 e. The minimum atomic E-state index is -0.939. The molecule has 0 aliphatic heterocycles. The van der Waals surface area contributed by atoms with Crippen LogP contribution in [-0.2, 0) is 14.4 Å². The van der Waals surface area contributed by atoms with E-state index in [-0.39, 0.29) is 12.5 Å². The van der Waals surface area contributed by atoms with E-state index in [9.17, 15) is 14.4 Å². The number of hydrogen-bond donors (Lipinski definition) is 3. The lowest BCUT2D eigenvalue weighted by atomic mass is 10.2. The quantitative estimate of drug-likeness (QED) is 0.204. The van der Waals surface area contributed by atoms with Gasteiger partial charge in [-0.2, -0.15) is 5.10 Å². The number of carbonyl (C=O) groups is 3. The summed E-state index contributed by atoms with van der Waals surface area (Å²) in [4.78, 5) is 36.3. The van der Waals surface area contributed by atoms with Crippen molar-refractivity contribution in [3.8, 4) is 17.2 Å². The van der Waals surface area contributed by atoms with E-state index in [0.717, 1.165) is 10.0 Å². The SMILES string of the molecule is COc1ccc(NC(=O)C(=O)N/N=C\c2ccc(OCC(=O)Nc3ccc(Br)cc3C)c(OC)c2)cc1. The predicted molar refractivity (Wildman–Crippen MR) is 143 cm³/mol. The van der Waals surface area contributed by atoms with Crippen LogP contribution in [0.3, 0.4) is 0 Å². The molecule has 37 heavy (non-hydrogen) atoms. The van der Waals surface area contributed by atoms with E-state index in [1.165, 1.54) is 20.4 Å². The lowest BCUT2D eigenvalue weighted by molar-refractivity contribution is -0.136. The van der Waals surface area contributed by atoms with E-state index in [4.69, 9.17) is 14.2 Å². The second-order valence-corrected chi connectivity index (χ2v) is 8.50. The van der Waals surface area contributed by atoms with Gasteiger partial charge in [0.1, 0.15) is 5.75 Å². The number of amides is 3. The summed E-state index contributed by atoms with van der Waals surface area (Å²) in [5.41, 5.74) is 4.76. The predicted octanol–water partition coefficient (Wildman–Crippen LogP) is 3.88. The third-order valence-corrected chi connectivity index (χ3v) is 5.44. The van der Waals surface area contributed by atoms with Gasteiger partial charge in [0.05, 0.1) is 20.4 Å². The Balaban J connectivity index is 1.52. The van der Waals surface area contributed by atoms with Crippen LogP contribution in [-0.4, -0.2) is 44.8 Å². The van der Waals surface area contributed by atoms with Gasteiger partial charge < -0.3 is 24.8 Å². The van der Waals surface area contributed by atoms with Gasteiger partial charge in [-0.15, -0.1) is 0 Å². The molecule has 3 aromatic carbocycles. The number of nitrogens with zero attached hydrogens (tertiary/aromatic N) is 1. The number of rotatable bonds is 9. The number of ether oxygens (including phenoxy) is 3. The average Bonchev–Trinajstić information content (AvgIpc) is 2.89. The Labute approximate surface area is 222 Å². The Morgan fingerprint density at radius 2 is 1.65 bits per heavy atom. The highest BCUT2D eigenvalue weighted by Crippen LogP contribution is 2.28. The highest BCUT2D eigenvalue weighted by Gasteiger charge is 2.13. The van der Waals surface area contributed by atoms with Crippen molar-refractivity contribution in [2.24, 2.45) is 5.10 Å². The number of hydrogen-bond acceptors (Lipinski definition) is 7. The molecule has 0 aliphatic rings. The Hall–Kier alpha value is -4.38. The van der Waals surface area contributed by atoms with Crippen molar-refractivity contribution in [2.75, 3.05) is 31.5 Å². The van der Waals surface area contributed by atoms with Gasteiger partial charge in [0.25, 0.3) is 5.91 Å².